The minimum absolute atomic E-state index is 0.217. The van der Waals surface area contributed by atoms with Crippen LogP contribution in [0.25, 0.3) is 0 Å². The molecule has 222 valence electrons. The highest BCUT2D eigenvalue weighted by molar-refractivity contribution is 5.29. The van der Waals surface area contributed by atoms with Gasteiger partial charge in [0.2, 0.25) is 0 Å². The van der Waals surface area contributed by atoms with Gasteiger partial charge in [0.25, 0.3) is 0 Å². The third kappa shape index (κ3) is 4.89. The highest BCUT2D eigenvalue weighted by atomic mass is 19.4. The molecule has 1 atom stereocenters. The van der Waals surface area contributed by atoms with Crippen LogP contribution in [0.3, 0.4) is 0 Å². The third-order valence-corrected chi connectivity index (χ3v) is 5.55. The van der Waals surface area contributed by atoms with Gasteiger partial charge in [0.05, 0.1) is 12.0 Å². The second-order valence-electron chi connectivity index (χ2n) is 8.88. The maximum atomic E-state index is 14.2. The van der Waals surface area contributed by atoms with E-state index in [0.29, 0.717) is 5.56 Å². The summed E-state index contributed by atoms with van der Waals surface area (Å²) >= 11 is 0. The molecule has 1 unspecified atom stereocenters. The van der Waals surface area contributed by atoms with Crippen molar-refractivity contribution in [2.45, 2.75) is 86.3 Å². The Bertz CT molecular complexity index is 974. The van der Waals surface area contributed by atoms with Crippen molar-refractivity contribution >= 4 is 0 Å². The molecule has 0 aliphatic heterocycles. The standard InChI is InChI=1S/C20H17F17O/c1-9(2)10-4-6-11(7-5-10)12(3,38)8-13(21,22)14(23,24)15(25,26)16(27,28)17(29,30)18(31,32)19(33,34)20(35,36)37/h4-7,9,38H,8H2,1-3H3. The minimum atomic E-state index is -8.68. The van der Waals surface area contributed by atoms with Gasteiger partial charge in [0, 0.05) is 0 Å². The molecule has 0 aliphatic rings. The van der Waals surface area contributed by atoms with Gasteiger partial charge in [-0.05, 0) is 24.0 Å². The zero-order valence-electron chi connectivity index (χ0n) is 19.0. The van der Waals surface area contributed by atoms with Crippen molar-refractivity contribution in [3.63, 3.8) is 0 Å². The number of alkyl halides is 17. The average Bonchev–Trinajstić information content (AvgIpc) is 2.71. The molecule has 0 amide bonds. The fourth-order valence-electron chi connectivity index (χ4n) is 3.07. The Balaban J connectivity index is 3.58. The van der Waals surface area contributed by atoms with Crippen molar-refractivity contribution in [2.24, 2.45) is 0 Å². The highest BCUT2D eigenvalue weighted by Gasteiger charge is 2.95. The van der Waals surface area contributed by atoms with E-state index in [1.807, 2.05) is 0 Å². The molecular formula is C20H17F17O. The van der Waals surface area contributed by atoms with E-state index >= 15 is 0 Å². The first-order valence-corrected chi connectivity index (χ1v) is 9.91. The lowest BCUT2D eigenvalue weighted by atomic mass is 9.83. The molecule has 1 nitrogen and oxygen atoms in total. The lowest BCUT2D eigenvalue weighted by Gasteiger charge is -2.43. The first kappa shape index (κ1) is 34.0. The summed E-state index contributed by atoms with van der Waals surface area (Å²) in [6, 6.07) is 3.89. The van der Waals surface area contributed by atoms with Gasteiger partial charge in [-0.1, -0.05) is 38.1 Å². The van der Waals surface area contributed by atoms with Crippen LogP contribution in [0.2, 0.25) is 0 Å². The maximum Gasteiger partial charge on any atom is 0.460 e. The molecule has 0 saturated carbocycles. The second kappa shape index (κ2) is 9.28. The Kier molecular flexibility index (Phi) is 8.31. The molecule has 1 aromatic carbocycles. The topological polar surface area (TPSA) is 20.2 Å². The fourth-order valence-corrected chi connectivity index (χ4v) is 3.07. The molecular weight excluding hydrogens is 579 g/mol. The van der Waals surface area contributed by atoms with E-state index in [1.54, 1.807) is 13.8 Å². The van der Waals surface area contributed by atoms with E-state index in [4.69, 9.17) is 0 Å². The van der Waals surface area contributed by atoms with Crippen LogP contribution in [0, 0.1) is 0 Å². The molecule has 0 fully saturated rings. The normalized spacial score (nSPS) is 17.1. The van der Waals surface area contributed by atoms with Gasteiger partial charge < -0.3 is 5.11 Å². The summed E-state index contributed by atoms with van der Waals surface area (Å²) in [6.07, 6.45) is -10.8. The molecule has 0 spiro atoms. The van der Waals surface area contributed by atoms with Gasteiger partial charge in [-0.3, -0.25) is 0 Å². The van der Waals surface area contributed by atoms with Gasteiger partial charge >= 0.3 is 47.6 Å². The largest absolute Gasteiger partial charge is 0.460 e. The zero-order valence-corrected chi connectivity index (χ0v) is 19.0. The average molecular weight is 596 g/mol. The summed E-state index contributed by atoms with van der Waals surface area (Å²) in [5, 5.41) is 10.1. The van der Waals surface area contributed by atoms with E-state index < -0.39 is 65.2 Å². The number of hydrogen-bond acceptors (Lipinski definition) is 1. The Morgan fingerprint density at radius 2 is 0.868 bits per heavy atom. The van der Waals surface area contributed by atoms with Gasteiger partial charge in [-0.15, -0.1) is 0 Å². The number of hydrogen-bond donors (Lipinski definition) is 1. The number of aliphatic hydroxyl groups is 1. The molecule has 18 heteroatoms. The van der Waals surface area contributed by atoms with Crippen molar-refractivity contribution in [3.05, 3.63) is 35.4 Å². The molecule has 38 heavy (non-hydrogen) atoms. The highest BCUT2D eigenvalue weighted by Crippen LogP contribution is 2.64. The minimum Gasteiger partial charge on any atom is -0.385 e. The summed E-state index contributed by atoms with van der Waals surface area (Å²) in [5.41, 5.74) is -3.58. The van der Waals surface area contributed by atoms with Crippen LogP contribution in [0.5, 0.6) is 0 Å². The number of rotatable bonds is 10. The van der Waals surface area contributed by atoms with E-state index in [9.17, 15) is 79.7 Å². The van der Waals surface area contributed by atoms with E-state index in [2.05, 4.69) is 0 Å². The summed E-state index contributed by atoms with van der Waals surface area (Å²) in [7, 11) is 0. The second-order valence-corrected chi connectivity index (χ2v) is 8.88. The van der Waals surface area contributed by atoms with Gasteiger partial charge in [0.1, 0.15) is 0 Å². The van der Waals surface area contributed by atoms with Crippen molar-refractivity contribution in [1.29, 1.82) is 0 Å². The monoisotopic (exact) mass is 596 g/mol. The smallest absolute Gasteiger partial charge is 0.385 e. The molecule has 0 heterocycles. The molecule has 0 aromatic heterocycles. The fraction of sp³-hybridized carbons (Fsp3) is 0.700. The Morgan fingerprint density at radius 3 is 1.18 bits per heavy atom. The van der Waals surface area contributed by atoms with Crippen molar-refractivity contribution in [2.75, 3.05) is 0 Å². The molecule has 0 radical (unpaired) electrons. The quantitative estimate of drug-likeness (QED) is 0.269. The Labute approximate surface area is 202 Å². The van der Waals surface area contributed by atoms with E-state index in [1.165, 1.54) is 0 Å². The van der Waals surface area contributed by atoms with Crippen LogP contribution in [0.4, 0.5) is 74.6 Å². The van der Waals surface area contributed by atoms with E-state index in [0.717, 1.165) is 24.3 Å². The predicted molar refractivity (Wildman–Crippen MR) is 95.4 cm³/mol. The molecule has 0 aliphatic carbocycles. The summed E-state index contributed by atoms with van der Waals surface area (Å²) < 4.78 is 227. The van der Waals surface area contributed by atoms with Gasteiger partial charge in [-0.25, -0.2) is 0 Å². The Morgan fingerprint density at radius 1 is 0.553 bits per heavy atom. The van der Waals surface area contributed by atoms with Crippen LogP contribution in [0.1, 0.15) is 44.2 Å². The lowest BCUT2D eigenvalue weighted by Crippen LogP contribution is -2.74. The number of benzene rings is 1. The van der Waals surface area contributed by atoms with Crippen molar-refractivity contribution in [1.82, 2.24) is 0 Å². The third-order valence-electron chi connectivity index (χ3n) is 5.55. The Hall–Kier alpha value is -2.01. The molecule has 1 N–H and O–H groups in total. The van der Waals surface area contributed by atoms with Crippen molar-refractivity contribution in [3.8, 4) is 0 Å². The molecule has 0 bridgehead atoms. The van der Waals surface area contributed by atoms with Crippen LogP contribution in [-0.4, -0.2) is 52.7 Å². The van der Waals surface area contributed by atoms with Crippen LogP contribution >= 0.6 is 0 Å². The van der Waals surface area contributed by atoms with Gasteiger partial charge in [0.15, 0.2) is 0 Å². The lowest BCUT2D eigenvalue weighted by molar-refractivity contribution is -0.462. The van der Waals surface area contributed by atoms with Crippen molar-refractivity contribution < 1.29 is 79.7 Å². The van der Waals surface area contributed by atoms with Crippen LogP contribution in [-0.2, 0) is 5.60 Å². The predicted octanol–water partition coefficient (Wildman–Crippen LogP) is 8.42. The molecule has 1 rings (SSSR count). The summed E-state index contributed by atoms with van der Waals surface area (Å²) in [4.78, 5) is 0. The molecule has 1 aromatic rings. The SMILES string of the molecule is CC(C)c1ccc(C(C)(O)CC(F)(F)C(F)(F)C(F)(F)C(F)(F)C(F)(F)C(F)(F)C(F)(F)C(F)(F)F)cc1. The van der Waals surface area contributed by atoms with Crippen LogP contribution < -0.4 is 0 Å². The summed E-state index contributed by atoms with van der Waals surface area (Å²) in [6.45, 7) is 3.51. The van der Waals surface area contributed by atoms with Gasteiger partial charge in [-0.2, -0.15) is 74.6 Å². The van der Waals surface area contributed by atoms with E-state index in [-0.39, 0.29) is 12.8 Å². The maximum absolute atomic E-state index is 14.2. The van der Waals surface area contributed by atoms with Crippen LogP contribution in [0.15, 0.2) is 24.3 Å². The molecule has 0 saturated heterocycles. The number of halogens is 17. The first-order valence-electron chi connectivity index (χ1n) is 9.91. The zero-order chi connectivity index (χ0) is 30.8. The first-order chi connectivity index (χ1) is 16.4. The summed E-state index contributed by atoms with van der Waals surface area (Å²) in [5.74, 6) is -57.2.